The Balaban J connectivity index is 0.00000126. The normalized spacial score (nSPS) is 9.96. The van der Waals surface area contributed by atoms with Gasteiger partial charge in [-0.25, -0.2) is 4.39 Å². The van der Waals surface area contributed by atoms with Gasteiger partial charge in [0.1, 0.15) is 11.6 Å². The lowest BCUT2D eigenvalue weighted by Crippen LogP contribution is -2.13. The number of hydrogen-bond donors (Lipinski definition) is 2. The van der Waals surface area contributed by atoms with Crippen LogP contribution in [0.1, 0.15) is 24.2 Å². The molecule has 0 heterocycles. The van der Waals surface area contributed by atoms with E-state index in [1.165, 1.54) is 24.3 Å². The summed E-state index contributed by atoms with van der Waals surface area (Å²) in [6, 6.07) is 16.3. The number of phenolic OH excluding ortho intramolecular Hbond substituents is 1. The van der Waals surface area contributed by atoms with Crippen molar-refractivity contribution in [3.8, 4) is 16.9 Å². The van der Waals surface area contributed by atoms with E-state index in [2.05, 4.69) is 5.32 Å². The van der Waals surface area contributed by atoms with Crippen molar-refractivity contribution < 1.29 is 14.3 Å². The largest absolute Gasteiger partial charge is 0.506 e. The Morgan fingerprint density at radius 1 is 0.963 bits per heavy atom. The minimum absolute atomic E-state index is 0.0122. The van der Waals surface area contributed by atoms with Gasteiger partial charge in [-0.15, -0.1) is 0 Å². The molecular formula is C21H18Cl2FNO2. The zero-order chi connectivity index (χ0) is 20.0. The first kappa shape index (κ1) is 20.7. The van der Waals surface area contributed by atoms with Gasteiger partial charge in [0.25, 0.3) is 5.91 Å². The SMILES string of the molecule is CC.O=C(Nc1cc(-c2ccccc2)ccc1F)c1cc(Cl)cc(Cl)c1O. The summed E-state index contributed by atoms with van der Waals surface area (Å²) in [7, 11) is 0. The molecule has 3 rings (SSSR count). The average Bonchev–Trinajstić information content (AvgIpc) is 2.68. The molecule has 0 unspecified atom stereocenters. The average molecular weight is 406 g/mol. The first-order chi connectivity index (χ1) is 13.0. The number of aromatic hydroxyl groups is 1. The number of rotatable bonds is 3. The van der Waals surface area contributed by atoms with Gasteiger partial charge < -0.3 is 10.4 Å². The van der Waals surface area contributed by atoms with Crippen molar-refractivity contribution in [3.63, 3.8) is 0 Å². The molecular weight excluding hydrogens is 388 g/mol. The molecule has 0 aliphatic rings. The first-order valence-electron chi connectivity index (χ1n) is 8.30. The van der Waals surface area contributed by atoms with Gasteiger partial charge in [0.05, 0.1) is 16.3 Å². The van der Waals surface area contributed by atoms with Crippen LogP contribution >= 0.6 is 23.2 Å². The summed E-state index contributed by atoms with van der Waals surface area (Å²) < 4.78 is 14.1. The fourth-order valence-electron chi connectivity index (χ4n) is 2.36. The van der Waals surface area contributed by atoms with Crippen LogP contribution in [0, 0.1) is 5.82 Å². The number of amides is 1. The highest BCUT2D eigenvalue weighted by atomic mass is 35.5. The molecule has 140 valence electrons. The number of benzene rings is 3. The fraction of sp³-hybridized carbons (Fsp3) is 0.0952. The van der Waals surface area contributed by atoms with Crippen molar-refractivity contribution >= 4 is 34.8 Å². The van der Waals surface area contributed by atoms with Crippen LogP contribution in [0.15, 0.2) is 60.7 Å². The Kier molecular flexibility index (Phi) is 7.22. The molecule has 0 saturated heterocycles. The van der Waals surface area contributed by atoms with E-state index < -0.39 is 17.5 Å². The summed E-state index contributed by atoms with van der Waals surface area (Å²) in [6.07, 6.45) is 0. The second kappa shape index (κ2) is 9.40. The Morgan fingerprint density at radius 3 is 2.30 bits per heavy atom. The van der Waals surface area contributed by atoms with Crippen molar-refractivity contribution in [2.75, 3.05) is 5.32 Å². The molecule has 0 spiro atoms. The highest BCUT2D eigenvalue weighted by Crippen LogP contribution is 2.32. The third-order valence-electron chi connectivity index (χ3n) is 3.59. The lowest BCUT2D eigenvalue weighted by molar-refractivity contribution is 0.102. The minimum Gasteiger partial charge on any atom is -0.506 e. The molecule has 0 radical (unpaired) electrons. The second-order valence-electron chi connectivity index (χ2n) is 5.30. The zero-order valence-corrected chi connectivity index (χ0v) is 16.3. The Labute approximate surface area is 167 Å². The maximum Gasteiger partial charge on any atom is 0.259 e. The van der Waals surface area contributed by atoms with Crippen LogP contribution in [0.5, 0.6) is 5.75 Å². The second-order valence-corrected chi connectivity index (χ2v) is 6.14. The van der Waals surface area contributed by atoms with E-state index in [9.17, 15) is 14.3 Å². The molecule has 0 saturated carbocycles. The number of halogens is 3. The van der Waals surface area contributed by atoms with Crippen molar-refractivity contribution in [3.05, 3.63) is 82.1 Å². The summed E-state index contributed by atoms with van der Waals surface area (Å²) in [5.41, 5.74) is 1.47. The summed E-state index contributed by atoms with van der Waals surface area (Å²) in [5, 5.41) is 12.5. The molecule has 3 aromatic rings. The lowest BCUT2D eigenvalue weighted by Gasteiger charge is -2.11. The topological polar surface area (TPSA) is 49.3 Å². The van der Waals surface area contributed by atoms with E-state index >= 15 is 0 Å². The molecule has 3 aromatic carbocycles. The minimum atomic E-state index is -0.717. The smallest absolute Gasteiger partial charge is 0.259 e. The summed E-state index contributed by atoms with van der Waals surface area (Å²) in [5.74, 6) is -1.73. The number of hydrogen-bond acceptors (Lipinski definition) is 2. The number of anilines is 1. The van der Waals surface area contributed by atoms with Crippen LogP contribution in [-0.2, 0) is 0 Å². The number of carbonyl (C=O) groups excluding carboxylic acids is 1. The highest BCUT2D eigenvalue weighted by molar-refractivity contribution is 6.36. The monoisotopic (exact) mass is 405 g/mol. The number of phenols is 1. The van der Waals surface area contributed by atoms with E-state index in [4.69, 9.17) is 23.2 Å². The number of carbonyl (C=O) groups is 1. The Hall–Kier alpha value is -2.56. The van der Waals surface area contributed by atoms with Gasteiger partial charge in [0.2, 0.25) is 0 Å². The maximum absolute atomic E-state index is 14.1. The molecule has 0 aliphatic carbocycles. The van der Waals surface area contributed by atoms with Gasteiger partial charge in [-0.3, -0.25) is 4.79 Å². The zero-order valence-electron chi connectivity index (χ0n) is 14.8. The van der Waals surface area contributed by atoms with E-state index in [-0.39, 0.29) is 21.3 Å². The van der Waals surface area contributed by atoms with Crippen molar-refractivity contribution in [2.45, 2.75) is 13.8 Å². The Bertz CT molecular complexity index is 946. The molecule has 0 aliphatic heterocycles. The van der Waals surface area contributed by atoms with E-state index in [1.807, 2.05) is 44.2 Å². The van der Waals surface area contributed by atoms with Crippen LogP contribution < -0.4 is 5.32 Å². The van der Waals surface area contributed by atoms with Gasteiger partial charge in [-0.1, -0.05) is 73.4 Å². The molecule has 27 heavy (non-hydrogen) atoms. The van der Waals surface area contributed by atoms with E-state index in [0.29, 0.717) is 0 Å². The van der Waals surface area contributed by atoms with Gasteiger partial charge >= 0.3 is 0 Å². The molecule has 1 amide bonds. The predicted molar refractivity (Wildman–Crippen MR) is 109 cm³/mol. The van der Waals surface area contributed by atoms with Gasteiger partial charge in [0, 0.05) is 5.02 Å². The van der Waals surface area contributed by atoms with Crippen LogP contribution in [0.4, 0.5) is 10.1 Å². The summed E-state index contributed by atoms with van der Waals surface area (Å²) >= 11 is 11.7. The predicted octanol–water partition coefficient (Wildman–Crippen LogP) is 6.78. The van der Waals surface area contributed by atoms with Crippen LogP contribution in [-0.4, -0.2) is 11.0 Å². The fourth-order valence-corrected chi connectivity index (χ4v) is 2.85. The van der Waals surface area contributed by atoms with E-state index in [0.717, 1.165) is 11.1 Å². The van der Waals surface area contributed by atoms with Crippen molar-refractivity contribution in [2.24, 2.45) is 0 Å². The van der Waals surface area contributed by atoms with Crippen molar-refractivity contribution in [1.29, 1.82) is 0 Å². The molecule has 2 N–H and O–H groups in total. The lowest BCUT2D eigenvalue weighted by atomic mass is 10.0. The third kappa shape index (κ3) is 5.00. The number of nitrogens with one attached hydrogen (secondary N) is 1. The standard InChI is InChI=1S/C19H12Cl2FNO2.C2H6/c20-13-9-14(18(24)15(21)10-13)19(25)23-17-8-12(6-7-16(17)22)11-4-2-1-3-5-11;1-2/h1-10,24H,(H,23,25);1-2H3. The van der Waals surface area contributed by atoms with Gasteiger partial charge in [-0.2, -0.15) is 0 Å². The summed E-state index contributed by atoms with van der Waals surface area (Å²) in [6.45, 7) is 4.00. The highest BCUT2D eigenvalue weighted by Gasteiger charge is 2.17. The maximum atomic E-state index is 14.1. The molecule has 0 atom stereocenters. The molecule has 6 heteroatoms. The third-order valence-corrected chi connectivity index (χ3v) is 4.10. The van der Waals surface area contributed by atoms with Crippen LogP contribution in [0.2, 0.25) is 10.0 Å². The summed E-state index contributed by atoms with van der Waals surface area (Å²) in [4.78, 5) is 12.4. The first-order valence-corrected chi connectivity index (χ1v) is 9.05. The van der Waals surface area contributed by atoms with Gasteiger partial charge in [-0.05, 0) is 35.4 Å². The van der Waals surface area contributed by atoms with Crippen LogP contribution in [0.3, 0.4) is 0 Å². The van der Waals surface area contributed by atoms with Gasteiger partial charge in [0.15, 0.2) is 0 Å². The molecule has 3 nitrogen and oxygen atoms in total. The molecule has 0 fully saturated rings. The molecule has 0 bridgehead atoms. The van der Waals surface area contributed by atoms with E-state index in [1.54, 1.807) is 6.07 Å². The Morgan fingerprint density at radius 2 is 1.63 bits per heavy atom. The quantitative estimate of drug-likeness (QED) is 0.504. The van der Waals surface area contributed by atoms with Crippen molar-refractivity contribution in [1.82, 2.24) is 0 Å². The molecule has 0 aromatic heterocycles. The van der Waals surface area contributed by atoms with Crippen LogP contribution in [0.25, 0.3) is 11.1 Å².